The molecule has 2 aromatic heterocycles. The summed E-state index contributed by atoms with van der Waals surface area (Å²) in [5.41, 5.74) is 2.66. The van der Waals surface area contributed by atoms with Crippen LogP contribution in [0.4, 0.5) is 0 Å². The van der Waals surface area contributed by atoms with E-state index in [1.807, 2.05) is 24.3 Å². The molecule has 26 heavy (non-hydrogen) atoms. The molecule has 3 rings (SSSR count). The van der Waals surface area contributed by atoms with Gasteiger partial charge in [-0.25, -0.2) is 4.79 Å². The van der Waals surface area contributed by atoms with Crippen LogP contribution in [0.1, 0.15) is 59.0 Å². The minimum Gasteiger partial charge on any atom is -0.451 e. The molecule has 7 heteroatoms. The third-order valence-corrected chi connectivity index (χ3v) is 3.94. The maximum atomic E-state index is 12.0. The minimum atomic E-state index is -0.599. The Morgan fingerprint density at radius 1 is 1.23 bits per heavy atom. The molecule has 2 heterocycles. The lowest BCUT2D eigenvalue weighted by atomic mass is 10.0. The SMILES string of the molecule is CC(=O)c1c[nH]c(C(=O)OCc2nc(-c3ccc(C(C)C)cc3)no2)c1. The minimum absolute atomic E-state index is 0.134. The van der Waals surface area contributed by atoms with E-state index < -0.39 is 5.97 Å². The maximum Gasteiger partial charge on any atom is 0.355 e. The number of hydrogen-bond donors (Lipinski definition) is 1. The largest absolute Gasteiger partial charge is 0.451 e. The van der Waals surface area contributed by atoms with Crippen molar-refractivity contribution < 1.29 is 18.8 Å². The third kappa shape index (κ3) is 3.88. The summed E-state index contributed by atoms with van der Waals surface area (Å²) in [4.78, 5) is 30.2. The highest BCUT2D eigenvalue weighted by atomic mass is 16.6. The lowest BCUT2D eigenvalue weighted by molar-refractivity contribution is 0.0423. The fourth-order valence-corrected chi connectivity index (χ4v) is 2.37. The molecular formula is C19H19N3O4. The summed E-state index contributed by atoms with van der Waals surface area (Å²) in [5.74, 6) is 0.342. The van der Waals surface area contributed by atoms with Crippen LogP contribution >= 0.6 is 0 Å². The van der Waals surface area contributed by atoms with Crippen LogP contribution in [0.3, 0.4) is 0 Å². The molecule has 0 spiro atoms. The number of hydrogen-bond acceptors (Lipinski definition) is 6. The molecule has 0 aliphatic carbocycles. The molecule has 0 unspecified atom stereocenters. The van der Waals surface area contributed by atoms with Crippen molar-refractivity contribution in [1.82, 2.24) is 15.1 Å². The maximum absolute atomic E-state index is 12.0. The molecule has 0 aliphatic heterocycles. The Balaban J connectivity index is 1.62. The molecule has 134 valence electrons. The van der Waals surface area contributed by atoms with Crippen LogP contribution in [0.15, 0.2) is 41.1 Å². The second kappa shape index (κ2) is 7.35. The average Bonchev–Trinajstić information content (AvgIpc) is 3.29. The number of aromatic amines is 1. The number of ketones is 1. The number of nitrogens with zero attached hydrogens (tertiary/aromatic N) is 2. The Hall–Kier alpha value is -3.22. The number of ether oxygens (including phenoxy) is 1. The zero-order chi connectivity index (χ0) is 18.7. The molecule has 0 saturated heterocycles. The molecule has 0 atom stereocenters. The van der Waals surface area contributed by atoms with Gasteiger partial charge in [0.15, 0.2) is 12.4 Å². The van der Waals surface area contributed by atoms with Crippen LogP contribution in [0, 0.1) is 0 Å². The number of carbonyl (C=O) groups excluding carboxylic acids is 2. The van der Waals surface area contributed by atoms with Gasteiger partial charge in [0.05, 0.1) is 0 Å². The van der Waals surface area contributed by atoms with E-state index in [4.69, 9.17) is 9.26 Å². The molecule has 0 amide bonds. The van der Waals surface area contributed by atoms with Gasteiger partial charge in [-0.15, -0.1) is 0 Å². The first-order valence-electron chi connectivity index (χ1n) is 8.23. The molecule has 0 saturated carbocycles. The Bertz CT molecular complexity index is 922. The van der Waals surface area contributed by atoms with Crippen molar-refractivity contribution in [1.29, 1.82) is 0 Å². The highest BCUT2D eigenvalue weighted by molar-refractivity contribution is 5.97. The summed E-state index contributed by atoms with van der Waals surface area (Å²) in [6, 6.07) is 9.35. The van der Waals surface area contributed by atoms with Gasteiger partial charge in [-0.1, -0.05) is 43.3 Å². The van der Waals surface area contributed by atoms with Gasteiger partial charge in [0.1, 0.15) is 5.69 Å². The normalized spacial score (nSPS) is 10.9. The van der Waals surface area contributed by atoms with Crippen molar-refractivity contribution in [2.24, 2.45) is 0 Å². The monoisotopic (exact) mass is 353 g/mol. The summed E-state index contributed by atoms with van der Waals surface area (Å²) in [7, 11) is 0. The Labute approximate surface area is 150 Å². The summed E-state index contributed by atoms with van der Waals surface area (Å²) >= 11 is 0. The third-order valence-electron chi connectivity index (χ3n) is 3.94. The summed E-state index contributed by atoms with van der Waals surface area (Å²) in [6.07, 6.45) is 1.46. The molecule has 1 aromatic carbocycles. The van der Waals surface area contributed by atoms with Crippen molar-refractivity contribution in [2.45, 2.75) is 33.3 Å². The second-order valence-corrected chi connectivity index (χ2v) is 6.22. The molecule has 7 nitrogen and oxygen atoms in total. The van der Waals surface area contributed by atoms with Gasteiger partial charge in [0.25, 0.3) is 5.89 Å². The first kappa shape index (κ1) is 17.6. The summed E-state index contributed by atoms with van der Waals surface area (Å²) in [5, 5.41) is 3.91. The highest BCUT2D eigenvalue weighted by Crippen LogP contribution is 2.20. The Morgan fingerprint density at radius 2 is 1.96 bits per heavy atom. The first-order chi connectivity index (χ1) is 12.4. The zero-order valence-corrected chi connectivity index (χ0v) is 14.8. The zero-order valence-electron chi connectivity index (χ0n) is 14.8. The van der Waals surface area contributed by atoms with E-state index in [-0.39, 0.29) is 24.0 Å². The van der Waals surface area contributed by atoms with E-state index in [1.165, 1.54) is 24.8 Å². The fraction of sp³-hybridized carbons (Fsp3) is 0.263. The van der Waals surface area contributed by atoms with Crippen molar-refractivity contribution in [3.63, 3.8) is 0 Å². The Kier molecular flexibility index (Phi) is 4.97. The van der Waals surface area contributed by atoms with Crippen LogP contribution < -0.4 is 0 Å². The Morgan fingerprint density at radius 3 is 2.58 bits per heavy atom. The first-order valence-corrected chi connectivity index (χ1v) is 8.23. The molecule has 1 N–H and O–H groups in total. The van der Waals surface area contributed by atoms with E-state index >= 15 is 0 Å². The van der Waals surface area contributed by atoms with Gasteiger partial charge >= 0.3 is 5.97 Å². The standard InChI is InChI=1S/C19H19N3O4/c1-11(2)13-4-6-14(7-5-13)18-21-17(26-22-18)10-25-19(24)16-8-15(9-20-16)12(3)23/h4-9,11,20H,10H2,1-3H3. The van der Waals surface area contributed by atoms with Crippen molar-refractivity contribution in [3.05, 3.63) is 59.2 Å². The van der Waals surface area contributed by atoms with Gasteiger partial charge < -0.3 is 14.2 Å². The average molecular weight is 353 g/mol. The smallest absolute Gasteiger partial charge is 0.355 e. The van der Waals surface area contributed by atoms with Gasteiger partial charge in [-0.05, 0) is 24.5 Å². The number of benzene rings is 1. The van der Waals surface area contributed by atoms with Crippen LogP contribution in [0.25, 0.3) is 11.4 Å². The number of rotatable bonds is 6. The van der Waals surface area contributed by atoms with Gasteiger partial charge in [-0.2, -0.15) is 4.98 Å². The highest BCUT2D eigenvalue weighted by Gasteiger charge is 2.15. The number of carbonyl (C=O) groups is 2. The molecule has 3 aromatic rings. The van der Waals surface area contributed by atoms with E-state index in [2.05, 4.69) is 29.0 Å². The molecule has 0 fully saturated rings. The van der Waals surface area contributed by atoms with Crippen molar-refractivity contribution in [3.8, 4) is 11.4 Å². The lowest BCUT2D eigenvalue weighted by Gasteiger charge is -2.04. The molecular weight excluding hydrogens is 334 g/mol. The van der Waals surface area contributed by atoms with E-state index in [0.29, 0.717) is 17.3 Å². The molecule has 0 radical (unpaired) electrons. The van der Waals surface area contributed by atoms with Crippen LogP contribution in [0.5, 0.6) is 0 Å². The topological polar surface area (TPSA) is 98.1 Å². The quantitative estimate of drug-likeness (QED) is 0.535. The summed E-state index contributed by atoms with van der Waals surface area (Å²) in [6.45, 7) is 5.52. The van der Waals surface area contributed by atoms with E-state index in [1.54, 1.807) is 0 Å². The lowest BCUT2D eigenvalue weighted by Crippen LogP contribution is -2.05. The van der Waals surface area contributed by atoms with E-state index in [9.17, 15) is 9.59 Å². The number of esters is 1. The predicted molar refractivity (Wildman–Crippen MR) is 93.7 cm³/mol. The predicted octanol–water partition coefficient (Wildman–Crippen LogP) is 3.75. The molecule has 0 bridgehead atoms. The van der Waals surface area contributed by atoms with Crippen LogP contribution in [0.2, 0.25) is 0 Å². The number of nitrogens with one attached hydrogen (secondary N) is 1. The van der Waals surface area contributed by atoms with Crippen LogP contribution in [-0.2, 0) is 11.3 Å². The van der Waals surface area contributed by atoms with Crippen molar-refractivity contribution >= 4 is 11.8 Å². The summed E-state index contributed by atoms with van der Waals surface area (Å²) < 4.78 is 10.3. The van der Waals surface area contributed by atoms with Gasteiger partial charge in [-0.3, -0.25) is 4.79 Å². The van der Waals surface area contributed by atoms with Crippen molar-refractivity contribution in [2.75, 3.05) is 0 Å². The second-order valence-electron chi connectivity index (χ2n) is 6.22. The van der Waals surface area contributed by atoms with Gasteiger partial charge in [0.2, 0.25) is 5.82 Å². The number of H-pyrrole nitrogens is 1. The van der Waals surface area contributed by atoms with E-state index in [0.717, 1.165) is 5.56 Å². The molecule has 0 aliphatic rings. The number of aromatic nitrogens is 3. The number of Topliss-reactive ketones (excluding diaryl/α,β-unsaturated/α-hetero) is 1. The van der Waals surface area contributed by atoms with Crippen LogP contribution in [-0.4, -0.2) is 26.9 Å². The van der Waals surface area contributed by atoms with Gasteiger partial charge in [0, 0.05) is 17.3 Å². The fourth-order valence-electron chi connectivity index (χ4n) is 2.37.